The summed E-state index contributed by atoms with van der Waals surface area (Å²) in [4.78, 5) is 0. The molecule has 1 atom stereocenters. The van der Waals surface area contributed by atoms with E-state index in [0.29, 0.717) is 0 Å². The lowest BCUT2D eigenvalue weighted by atomic mass is 10.3. The first-order chi connectivity index (χ1) is 6.00. The van der Waals surface area contributed by atoms with Crippen LogP contribution in [0.25, 0.3) is 0 Å². The Morgan fingerprint density at radius 2 is 1.77 bits per heavy atom. The molecule has 0 aliphatic heterocycles. The zero-order valence-electron chi connectivity index (χ0n) is 6.45. The van der Waals surface area contributed by atoms with Gasteiger partial charge < -0.3 is 9.84 Å². The first-order valence-corrected chi connectivity index (χ1v) is 3.46. The van der Waals surface area contributed by atoms with Gasteiger partial charge in [-0.2, -0.15) is 13.2 Å². The van der Waals surface area contributed by atoms with E-state index in [1.54, 1.807) is 6.07 Å². The van der Waals surface area contributed by atoms with E-state index >= 15 is 0 Å². The van der Waals surface area contributed by atoms with Gasteiger partial charge in [-0.05, 0) is 12.1 Å². The van der Waals surface area contributed by atoms with E-state index < -0.39 is 12.5 Å². The molecule has 1 aromatic rings. The Labute approximate surface area is 72.6 Å². The first-order valence-electron chi connectivity index (χ1n) is 3.46. The van der Waals surface area contributed by atoms with Gasteiger partial charge in [0.2, 0.25) is 0 Å². The minimum atomic E-state index is -4.48. The van der Waals surface area contributed by atoms with Crippen LogP contribution in [-0.2, 0) is 0 Å². The van der Waals surface area contributed by atoms with E-state index in [9.17, 15) is 13.2 Å². The van der Waals surface area contributed by atoms with Crippen molar-refractivity contribution < 1.29 is 23.0 Å². The second kappa shape index (κ2) is 3.66. The van der Waals surface area contributed by atoms with Gasteiger partial charge in [-0.15, -0.1) is 0 Å². The Balaban J connectivity index is 2.61. The number of halogens is 3. The lowest BCUT2D eigenvalue weighted by Gasteiger charge is -2.15. The summed E-state index contributed by atoms with van der Waals surface area (Å²) in [6, 6.07) is 7.23. The van der Waals surface area contributed by atoms with Crippen molar-refractivity contribution >= 4 is 0 Å². The monoisotopic (exact) mass is 192 g/mol. The Bertz CT molecular complexity index is 258. The molecule has 1 N–H and O–H groups in total. The number of para-hydroxylation sites is 1. The minimum Gasteiger partial charge on any atom is -0.452 e. The number of alkyl halides is 3. The Hall–Kier alpha value is -1.23. The summed E-state index contributed by atoms with van der Waals surface area (Å²) in [5, 5.41) is 7.91. The van der Waals surface area contributed by atoms with Crippen LogP contribution in [0.3, 0.4) is 0 Å². The quantitative estimate of drug-likeness (QED) is 0.793. The highest BCUT2D eigenvalue weighted by Crippen LogP contribution is 2.21. The highest BCUT2D eigenvalue weighted by molar-refractivity contribution is 5.21. The summed E-state index contributed by atoms with van der Waals surface area (Å²) in [7, 11) is 0. The molecule has 2 nitrogen and oxygen atoms in total. The average molecular weight is 192 g/mol. The fraction of sp³-hybridized carbons (Fsp3) is 0.250. The van der Waals surface area contributed by atoms with Crippen molar-refractivity contribution in [2.75, 3.05) is 0 Å². The van der Waals surface area contributed by atoms with Crippen LogP contribution in [0.15, 0.2) is 30.3 Å². The van der Waals surface area contributed by atoms with Crippen molar-refractivity contribution in [2.45, 2.75) is 12.5 Å². The summed E-state index contributed by atoms with van der Waals surface area (Å²) in [5.41, 5.74) is 0. The molecule has 0 saturated heterocycles. The molecule has 0 aliphatic carbocycles. The smallest absolute Gasteiger partial charge is 0.420 e. The standard InChI is InChI=1S/C8H7F3O2/c9-7(8(10,11)12)13-6-4-2-1-3-5-6/h1-5,7,12H. The van der Waals surface area contributed by atoms with Crippen molar-refractivity contribution in [3.8, 4) is 5.75 Å². The maximum atomic E-state index is 12.4. The maximum Gasteiger partial charge on any atom is 0.420 e. The number of hydrogen-bond donors (Lipinski definition) is 1. The van der Waals surface area contributed by atoms with Crippen LogP contribution in [0.5, 0.6) is 5.75 Å². The van der Waals surface area contributed by atoms with E-state index in [2.05, 4.69) is 4.74 Å². The predicted molar refractivity (Wildman–Crippen MR) is 39.1 cm³/mol. The number of benzene rings is 1. The molecule has 0 spiro atoms. The van der Waals surface area contributed by atoms with E-state index in [1.165, 1.54) is 24.3 Å². The first kappa shape index (κ1) is 9.85. The molecule has 72 valence electrons. The molecule has 0 bridgehead atoms. The van der Waals surface area contributed by atoms with Crippen LogP contribution in [-0.4, -0.2) is 17.6 Å². The largest absolute Gasteiger partial charge is 0.452 e. The molecular weight excluding hydrogens is 185 g/mol. The van der Waals surface area contributed by atoms with Gasteiger partial charge in [0.05, 0.1) is 0 Å². The van der Waals surface area contributed by atoms with Crippen molar-refractivity contribution in [1.29, 1.82) is 0 Å². The maximum absolute atomic E-state index is 12.4. The van der Waals surface area contributed by atoms with Crippen LogP contribution in [0.1, 0.15) is 0 Å². The van der Waals surface area contributed by atoms with Crippen molar-refractivity contribution in [2.24, 2.45) is 0 Å². The zero-order valence-corrected chi connectivity index (χ0v) is 6.45. The summed E-state index contributed by atoms with van der Waals surface area (Å²) >= 11 is 0. The molecule has 0 aliphatic rings. The fourth-order valence-corrected chi connectivity index (χ4v) is 0.689. The molecule has 0 radical (unpaired) electrons. The summed E-state index contributed by atoms with van der Waals surface area (Å²) in [6.07, 6.45) is -7.52. The lowest BCUT2D eigenvalue weighted by Crippen LogP contribution is -2.34. The summed E-state index contributed by atoms with van der Waals surface area (Å²) in [5.74, 6) is -0.0660. The van der Waals surface area contributed by atoms with Gasteiger partial charge >= 0.3 is 12.5 Å². The van der Waals surface area contributed by atoms with Crippen molar-refractivity contribution in [3.05, 3.63) is 30.3 Å². The number of aliphatic hydroxyl groups is 1. The van der Waals surface area contributed by atoms with Crippen molar-refractivity contribution in [1.82, 2.24) is 0 Å². The third kappa shape index (κ3) is 2.95. The highest BCUT2D eigenvalue weighted by Gasteiger charge is 2.39. The topological polar surface area (TPSA) is 29.5 Å². The van der Waals surface area contributed by atoms with Gasteiger partial charge in [0.25, 0.3) is 0 Å². The highest BCUT2D eigenvalue weighted by atomic mass is 19.3. The van der Waals surface area contributed by atoms with E-state index in [1.807, 2.05) is 0 Å². The van der Waals surface area contributed by atoms with E-state index in [4.69, 9.17) is 5.11 Å². The molecule has 1 unspecified atom stereocenters. The summed E-state index contributed by atoms with van der Waals surface area (Å²) in [6.45, 7) is 0. The third-order valence-electron chi connectivity index (χ3n) is 1.26. The number of rotatable bonds is 3. The van der Waals surface area contributed by atoms with E-state index in [0.717, 1.165) is 0 Å². The zero-order chi connectivity index (χ0) is 9.90. The lowest BCUT2D eigenvalue weighted by molar-refractivity contribution is -0.285. The van der Waals surface area contributed by atoms with E-state index in [-0.39, 0.29) is 5.75 Å². The fourth-order valence-electron chi connectivity index (χ4n) is 0.689. The van der Waals surface area contributed by atoms with Crippen LogP contribution >= 0.6 is 0 Å². The predicted octanol–water partition coefficient (Wildman–Crippen LogP) is 1.95. The van der Waals surface area contributed by atoms with Gasteiger partial charge in [0, 0.05) is 0 Å². The molecule has 1 rings (SSSR count). The van der Waals surface area contributed by atoms with Crippen LogP contribution in [0.4, 0.5) is 13.2 Å². The molecule has 0 fully saturated rings. The third-order valence-corrected chi connectivity index (χ3v) is 1.26. The number of hydrogen-bond acceptors (Lipinski definition) is 2. The number of ether oxygens (including phenoxy) is 1. The second-order valence-electron chi connectivity index (χ2n) is 2.33. The summed E-state index contributed by atoms with van der Waals surface area (Å²) < 4.78 is 40.2. The second-order valence-corrected chi connectivity index (χ2v) is 2.33. The molecule has 13 heavy (non-hydrogen) atoms. The Morgan fingerprint density at radius 1 is 1.23 bits per heavy atom. The molecular formula is C8H7F3O2. The van der Waals surface area contributed by atoms with Gasteiger partial charge in [0.15, 0.2) is 0 Å². The minimum absolute atomic E-state index is 0.0660. The average Bonchev–Trinajstić information content (AvgIpc) is 2.04. The van der Waals surface area contributed by atoms with Gasteiger partial charge in [0.1, 0.15) is 5.75 Å². The Kier molecular flexibility index (Phi) is 2.77. The van der Waals surface area contributed by atoms with Crippen LogP contribution in [0.2, 0.25) is 0 Å². The molecule has 1 aromatic carbocycles. The Morgan fingerprint density at radius 3 is 2.23 bits per heavy atom. The normalized spacial score (nSPS) is 13.8. The van der Waals surface area contributed by atoms with Gasteiger partial charge in [-0.25, -0.2) is 0 Å². The molecule has 5 heteroatoms. The molecule has 0 amide bonds. The van der Waals surface area contributed by atoms with Gasteiger partial charge in [-0.3, -0.25) is 0 Å². The van der Waals surface area contributed by atoms with Gasteiger partial charge in [-0.1, -0.05) is 18.2 Å². The SMILES string of the molecule is OC(F)(F)C(F)Oc1ccccc1. The molecule has 0 aromatic heterocycles. The van der Waals surface area contributed by atoms with Crippen LogP contribution in [0, 0.1) is 0 Å². The van der Waals surface area contributed by atoms with Crippen LogP contribution < -0.4 is 4.74 Å². The molecule has 0 saturated carbocycles. The molecule has 0 heterocycles. The van der Waals surface area contributed by atoms with Crippen molar-refractivity contribution in [3.63, 3.8) is 0 Å².